The SMILES string of the molecule is c1ccc(-c2nc(-c3cc(N(c4ccc5ccccc5c4)c4ccc5ccccc5c4)cc4oc5ccccc5c34)nc3c2oc2ccccc23)cc1. The van der Waals surface area contributed by atoms with Crippen molar-refractivity contribution in [1.29, 1.82) is 0 Å². The molecule has 11 rings (SSSR count). The summed E-state index contributed by atoms with van der Waals surface area (Å²) >= 11 is 0. The van der Waals surface area contributed by atoms with E-state index >= 15 is 0 Å². The van der Waals surface area contributed by atoms with Crippen molar-refractivity contribution in [3.05, 3.63) is 176 Å². The summed E-state index contributed by atoms with van der Waals surface area (Å²) in [5, 5.41) is 7.61. The van der Waals surface area contributed by atoms with Gasteiger partial charge in [-0.15, -0.1) is 0 Å². The lowest BCUT2D eigenvalue weighted by atomic mass is 10.0. The van der Waals surface area contributed by atoms with Gasteiger partial charge < -0.3 is 13.7 Å². The van der Waals surface area contributed by atoms with Gasteiger partial charge in [-0.25, -0.2) is 9.97 Å². The van der Waals surface area contributed by atoms with E-state index in [9.17, 15) is 0 Å². The summed E-state index contributed by atoms with van der Waals surface area (Å²) in [6, 6.07) is 61.0. The summed E-state index contributed by atoms with van der Waals surface area (Å²) in [5.41, 5.74) is 9.35. The normalized spacial score (nSPS) is 11.8. The number of hydrogen-bond acceptors (Lipinski definition) is 5. The number of nitrogens with zero attached hydrogens (tertiary/aromatic N) is 3. The van der Waals surface area contributed by atoms with Crippen molar-refractivity contribution in [2.24, 2.45) is 0 Å². The largest absolute Gasteiger partial charge is 0.456 e. The summed E-state index contributed by atoms with van der Waals surface area (Å²) in [6.07, 6.45) is 0. The van der Waals surface area contributed by atoms with Crippen LogP contribution in [0.3, 0.4) is 0 Å². The van der Waals surface area contributed by atoms with Crippen LogP contribution in [-0.4, -0.2) is 9.97 Å². The molecule has 0 aliphatic carbocycles. The molecule has 8 aromatic carbocycles. The van der Waals surface area contributed by atoms with Gasteiger partial charge in [-0.1, -0.05) is 121 Å². The smallest absolute Gasteiger partial charge is 0.180 e. The molecule has 5 heteroatoms. The molecular formula is C48H29N3O2. The molecule has 0 atom stereocenters. The van der Waals surface area contributed by atoms with Crippen LogP contribution in [0.1, 0.15) is 0 Å². The Labute approximate surface area is 304 Å². The minimum absolute atomic E-state index is 0.596. The van der Waals surface area contributed by atoms with Crippen LogP contribution in [0.25, 0.3) is 88.2 Å². The van der Waals surface area contributed by atoms with Crippen molar-refractivity contribution in [3.63, 3.8) is 0 Å². The predicted molar refractivity (Wildman–Crippen MR) is 217 cm³/mol. The zero-order valence-corrected chi connectivity index (χ0v) is 28.4. The third-order valence-electron chi connectivity index (χ3n) is 10.2. The Balaban J connectivity index is 1.24. The number of anilines is 3. The molecule has 3 aromatic heterocycles. The van der Waals surface area contributed by atoms with Gasteiger partial charge in [0.1, 0.15) is 28.0 Å². The van der Waals surface area contributed by atoms with Gasteiger partial charge in [0.05, 0.1) is 5.69 Å². The molecule has 0 fully saturated rings. The van der Waals surface area contributed by atoms with Gasteiger partial charge in [-0.05, 0) is 70.1 Å². The molecule has 0 saturated heterocycles. The van der Waals surface area contributed by atoms with E-state index in [1.807, 2.05) is 48.5 Å². The molecule has 3 heterocycles. The number of furan rings is 2. The molecule has 0 spiro atoms. The number of benzene rings is 8. The molecule has 0 aliphatic heterocycles. The summed E-state index contributed by atoms with van der Waals surface area (Å²) in [6.45, 7) is 0. The molecule has 5 nitrogen and oxygen atoms in total. The minimum atomic E-state index is 0.596. The Bertz CT molecular complexity index is 3120. The van der Waals surface area contributed by atoms with Crippen molar-refractivity contribution in [3.8, 4) is 22.6 Å². The molecule has 0 radical (unpaired) electrons. The lowest BCUT2D eigenvalue weighted by molar-refractivity contribution is 0.667. The van der Waals surface area contributed by atoms with E-state index in [0.29, 0.717) is 11.4 Å². The lowest BCUT2D eigenvalue weighted by Gasteiger charge is -2.27. The van der Waals surface area contributed by atoms with Gasteiger partial charge in [0.25, 0.3) is 0 Å². The first kappa shape index (κ1) is 29.5. The van der Waals surface area contributed by atoms with Crippen LogP contribution in [0.5, 0.6) is 0 Å². The van der Waals surface area contributed by atoms with Crippen LogP contribution >= 0.6 is 0 Å². The highest BCUT2D eigenvalue weighted by Crippen LogP contribution is 2.45. The highest BCUT2D eigenvalue weighted by atomic mass is 16.3. The van der Waals surface area contributed by atoms with Crippen molar-refractivity contribution < 1.29 is 8.83 Å². The van der Waals surface area contributed by atoms with E-state index in [1.165, 1.54) is 10.8 Å². The molecule has 248 valence electrons. The number of hydrogen-bond donors (Lipinski definition) is 0. The fourth-order valence-corrected chi connectivity index (χ4v) is 7.73. The maximum atomic E-state index is 6.67. The molecule has 0 unspecified atom stereocenters. The second-order valence-electron chi connectivity index (χ2n) is 13.4. The monoisotopic (exact) mass is 679 g/mol. The Morgan fingerprint density at radius 1 is 0.415 bits per heavy atom. The maximum absolute atomic E-state index is 6.67. The van der Waals surface area contributed by atoms with Gasteiger partial charge in [0, 0.05) is 44.7 Å². The first-order valence-corrected chi connectivity index (χ1v) is 17.7. The maximum Gasteiger partial charge on any atom is 0.180 e. The van der Waals surface area contributed by atoms with E-state index in [-0.39, 0.29) is 0 Å². The molecule has 53 heavy (non-hydrogen) atoms. The van der Waals surface area contributed by atoms with Gasteiger partial charge in [0.2, 0.25) is 0 Å². The first-order chi connectivity index (χ1) is 26.2. The molecule has 0 aliphatic rings. The Morgan fingerprint density at radius 2 is 1.00 bits per heavy atom. The molecule has 0 N–H and O–H groups in total. The second-order valence-corrected chi connectivity index (χ2v) is 13.4. The van der Waals surface area contributed by atoms with E-state index in [1.54, 1.807) is 0 Å². The molecule has 0 amide bonds. The number of fused-ring (bicyclic) bond motifs is 8. The average molecular weight is 680 g/mol. The Kier molecular flexibility index (Phi) is 6.48. The van der Waals surface area contributed by atoms with Crippen molar-refractivity contribution in [1.82, 2.24) is 9.97 Å². The fraction of sp³-hybridized carbons (Fsp3) is 0. The molecular weight excluding hydrogens is 651 g/mol. The standard InChI is InChI=1S/C48H29N3O2/c1-2-14-32(15-3-1)45-47-46(39-19-9-11-21-42(39)53-47)50-48(49-45)40-28-37(29-43-44(40)38-18-8-10-20-41(38)52-43)51(35-24-22-30-12-4-6-16-33(30)26-35)36-25-23-31-13-5-7-17-34(31)27-36/h1-29H. The topological polar surface area (TPSA) is 55.3 Å². The predicted octanol–water partition coefficient (Wildman–Crippen LogP) is 13.4. The quantitative estimate of drug-likeness (QED) is 0.181. The van der Waals surface area contributed by atoms with E-state index < -0.39 is 0 Å². The summed E-state index contributed by atoms with van der Waals surface area (Å²) in [7, 11) is 0. The lowest BCUT2D eigenvalue weighted by Crippen LogP contribution is -2.10. The third-order valence-corrected chi connectivity index (χ3v) is 10.2. The molecule has 0 saturated carbocycles. The van der Waals surface area contributed by atoms with Gasteiger partial charge in [-0.2, -0.15) is 0 Å². The zero-order chi connectivity index (χ0) is 34.9. The van der Waals surface area contributed by atoms with Crippen LogP contribution in [0.4, 0.5) is 17.1 Å². The van der Waals surface area contributed by atoms with E-state index in [4.69, 9.17) is 18.8 Å². The highest BCUT2D eigenvalue weighted by molar-refractivity contribution is 6.14. The highest BCUT2D eigenvalue weighted by Gasteiger charge is 2.24. The second kappa shape index (κ2) is 11.7. The zero-order valence-electron chi connectivity index (χ0n) is 28.4. The van der Waals surface area contributed by atoms with Crippen molar-refractivity contribution in [2.75, 3.05) is 4.90 Å². The van der Waals surface area contributed by atoms with Gasteiger partial charge in [-0.3, -0.25) is 0 Å². The van der Waals surface area contributed by atoms with Crippen LogP contribution in [0, 0.1) is 0 Å². The van der Waals surface area contributed by atoms with Crippen LogP contribution in [-0.2, 0) is 0 Å². The van der Waals surface area contributed by atoms with Gasteiger partial charge >= 0.3 is 0 Å². The molecule has 0 bridgehead atoms. The Morgan fingerprint density at radius 3 is 1.70 bits per heavy atom. The summed E-state index contributed by atoms with van der Waals surface area (Å²) in [5.74, 6) is 0.596. The van der Waals surface area contributed by atoms with Crippen molar-refractivity contribution in [2.45, 2.75) is 0 Å². The summed E-state index contributed by atoms with van der Waals surface area (Å²) in [4.78, 5) is 13.0. The van der Waals surface area contributed by atoms with E-state index in [2.05, 4.69) is 132 Å². The number of rotatable bonds is 5. The van der Waals surface area contributed by atoms with Crippen LogP contribution in [0.15, 0.2) is 185 Å². The number of para-hydroxylation sites is 2. The van der Waals surface area contributed by atoms with Gasteiger partial charge in [0.15, 0.2) is 11.4 Å². The molecule has 11 aromatic rings. The van der Waals surface area contributed by atoms with Crippen LogP contribution < -0.4 is 4.90 Å². The fourth-order valence-electron chi connectivity index (χ4n) is 7.73. The summed E-state index contributed by atoms with van der Waals surface area (Å²) < 4.78 is 13.1. The van der Waals surface area contributed by atoms with E-state index in [0.717, 1.165) is 83.1 Å². The Hall–Kier alpha value is -7.24. The van der Waals surface area contributed by atoms with Crippen molar-refractivity contribution >= 4 is 82.6 Å². The number of aromatic nitrogens is 2. The first-order valence-electron chi connectivity index (χ1n) is 17.7. The minimum Gasteiger partial charge on any atom is -0.456 e. The van der Waals surface area contributed by atoms with Crippen LogP contribution in [0.2, 0.25) is 0 Å². The average Bonchev–Trinajstić information content (AvgIpc) is 3.79. The third kappa shape index (κ3) is 4.79.